The van der Waals surface area contributed by atoms with Gasteiger partial charge < -0.3 is 0 Å². The van der Waals surface area contributed by atoms with Crippen molar-refractivity contribution < 1.29 is 18.0 Å². The number of carbonyl (C=O) groups is 1. The van der Waals surface area contributed by atoms with E-state index in [9.17, 15) is 18.0 Å². The second kappa shape index (κ2) is 7.25. The Kier molecular flexibility index (Phi) is 5.20. The molecular weight excluding hydrogens is 379 g/mol. The van der Waals surface area contributed by atoms with Gasteiger partial charge >= 0.3 is 6.18 Å². The standard InChI is InChI=1S/C19H14F3NOS2/c1-11-3-9-15(10-4-11)25-18(24)16-12(2)23-17(26-16)13-5-7-14(8-6-13)19(20,21)22/h3-10H,1-2H3. The molecule has 0 N–H and O–H groups in total. The van der Waals surface area contributed by atoms with Crippen LogP contribution in [0.1, 0.15) is 26.5 Å². The Bertz CT molecular complexity index is 929. The van der Waals surface area contributed by atoms with Gasteiger partial charge in [-0.1, -0.05) is 29.8 Å². The molecule has 0 saturated heterocycles. The molecule has 0 aliphatic heterocycles. The first-order valence-electron chi connectivity index (χ1n) is 7.68. The lowest BCUT2D eigenvalue weighted by Crippen LogP contribution is -2.03. The summed E-state index contributed by atoms with van der Waals surface area (Å²) in [7, 11) is 0. The number of alkyl halides is 3. The third-order valence-electron chi connectivity index (χ3n) is 3.67. The van der Waals surface area contributed by atoms with Crippen LogP contribution >= 0.6 is 23.1 Å². The summed E-state index contributed by atoms with van der Waals surface area (Å²) in [5.41, 5.74) is 1.54. The highest BCUT2D eigenvalue weighted by molar-refractivity contribution is 8.14. The Morgan fingerprint density at radius 3 is 2.19 bits per heavy atom. The van der Waals surface area contributed by atoms with Crippen molar-refractivity contribution in [2.45, 2.75) is 24.9 Å². The van der Waals surface area contributed by atoms with E-state index in [2.05, 4.69) is 4.98 Å². The number of aryl methyl sites for hydroxylation is 2. The molecule has 0 unspecified atom stereocenters. The molecule has 3 rings (SSSR count). The van der Waals surface area contributed by atoms with Gasteiger partial charge in [0.15, 0.2) is 0 Å². The number of aromatic nitrogens is 1. The third-order valence-corrected chi connectivity index (χ3v) is 5.90. The van der Waals surface area contributed by atoms with Gasteiger partial charge in [-0.2, -0.15) is 13.2 Å². The van der Waals surface area contributed by atoms with Gasteiger partial charge in [-0.05, 0) is 49.9 Å². The highest BCUT2D eigenvalue weighted by atomic mass is 32.2. The van der Waals surface area contributed by atoms with Crippen LogP contribution in [0.5, 0.6) is 0 Å². The van der Waals surface area contributed by atoms with Crippen LogP contribution in [0.2, 0.25) is 0 Å². The van der Waals surface area contributed by atoms with Crippen molar-refractivity contribution in [3.8, 4) is 10.6 Å². The molecule has 1 heterocycles. The van der Waals surface area contributed by atoms with Crippen LogP contribution in [0, 0.1) is 13.8 Å². The first-order chi connectivity index (χ1) is 12.2. The Hall–Kier alpha value is -2.12. The number of nitrogens with zero attached hydrogens (tertiary/aromatic N) is 1. The van der Waals surface area contributed by atoms with E-state index in [1.165, 1.54) is 23.5 Å². The summed E-state index contributed by atoms with van der Waals surface area (Å²) < 4.78 is 38.0. The zero-order chi connectivity index (χ0) is 18.9. The molecule has 0 radical (unpaired) electrons. The van der Waals surface area contributed by atoms with Gasteiger partial charge in [0, 0.05) is 10.5 Å². The lowest BCUT2D eigenvalue weighted by atomic mass is 10.1. The van der Waals surface area contributed by atoms with Gasteiger partial charge in [0.25, 0.3) is 0 Å². The second-order valence-corrected chi connectivity index (χ2v) is 7.76. The fraction of sp³-hybridized carbons (Fsp3) is 0.158. The quantitative estimate of drug-likeness (QED) is 0.484. The number of thiazole rings is 1. The van der Waals surface area contributed by atoms with Crippen LogP contribution in [-0.4, -0.2) is 10.1 Å². The molecule has 2 aromatic carbocycles. The van der Waals surface area contributed by atoms with E-state index in [1.54, 1.807) is 6.92 Å². The highest BCUT2D eigenvalue weighted by Crippen LogP contribution is 2.35. The molecule has 0 amide bonds. The number of hydrogen-bond acceptors (Lipinski definition) is 4. The Labute approximate surface area is 157 Å². The number of carbonyl (C=O) groups excluding carboxylic acids is 1. The predicted molar refractivity (Wildman–Crippen MR) is 98.7 cm³/mol. The maximum absolute atomic E-state index is 12.7. The Balaban J connectivity index is 1.82. The summed E-state index contributed by atoms with van der Waals surface area (Å²) in [5, 5.41) is 0.408. The minimum atomic E-state index is -4.37. The first-order valence-corrected chi connectivity index (χ1v) is 9.31. The van der Waals surface area contributed by atoms with Crippen molar-refractivity contribution in [2.75, 3.05) is 0 Å². The molecular formula is C19H14F3NOS2. The van der Waals surface area contributed by atoms with Crippen LogP contribution in [-0.2, 0) is 6.18 Å². The fourth-order valence-corrected chi connectivity index (χ4v) is 4.15. The lowest BCUT2D eigenvalue weighted by Gasteiger charge is -2.06. The van der Waals surface area contributed by atoms with Gasteiger partial charge in [-0.3, -0.25) is 4.79 Å². The lowest BCUT2D eigenvalue weighted by molar-refractivity contribution is -0.137. The van der Waals surface area contributed by atoms with E-state index in [-0.39, 0.29) is 5.12 Å². The van der Waals surface area contributed by atoms with Gasteiger partial charge in [0.2, 0.25) is 5.12 Å². The molecule has 0 aliphatic carbocycles. The predicted octanol–water partition coefficient (Wildman–Crippen LogP) is 6.38. The molecule has 26 heavy (non-hydrogen) atoms. The van der Waals surface area contributed by atoms with Crippen LogP contribution < -0.4 is 0 Å². The Morgan fingerprint density at radius 1 is 1.00 bits per heavy atom. The van der Waals surface area contributed by atoms with Crippen LogP contribution in [0.15, 0.2) is 53.4 Å². The second-order valence-electron chi connectivity index (χ2n) is 5.71. The fourth-order valence-electron chi connectivity index (χ4n) is 2.27. The van der Waals surface area contributed by atoms with Crippen molar-refractivity contribution in [2.24, 2.45) is 0 Å². The van der Waals surface area contributed by atoms with Crippen molar-refractivity contribution in [1.29, 1.82) is 0 Å². The normalized spacial score (nSPS) is 11.6. The van der Waals surface area contributed by atoms with Gasteiger partial charge in [-0.15, -0.1) is 11.3 Å². The van der Waals surface area contributed by atoms with E-state index < -0.39 is 11.7 Å². The molecule has 1 aromatic heterocycles. The molecule has 0 bridgehead atoms. The molecule has 0 spiro atoms. The van der Waals surface area contributed by atoms with Gasteiger partial charge in [0.1, 0.15) is 9.88 Å². The summed E-state index contributed by atoms with van der Waals surface area (Å²) in [4.78, 5) is 18.2. The van der Waals surface area contributed by atoms with E-state index >= 15 is 0 Å². The minimum Gasteiger partial charge on any atom is -0.280 e. The molecule has 0 fully saturated rings. The number of rotatable bonds is 3. The molecule has 134 valence electrons. The monoisotopic (exact) mass is 393 g/mol. The topological polar surface area (TPSA) is 30.0 Å². The SMILES string of the molecule is Cc1ccc(SC(=O)c2sc(-c3ccc(C(F)(F)F)cc3)nc2C)cc1. The summed E-state index contributed by atoms with van der Waals surface area (Å²) in [6.45, 7) is 3.70. The maximum Gasteiger partial charge on any atom is 0.416 e. The molecule has 3 aromatic rings. The number of halogens is 3. The van der Waals surface area contributed by atoms with Crippen molar-refractivity contribution in [3.63, 3.8) is 0 Å². The van der Waals surface area contributed by atoms with Crippen LogP contribution in [0.4, 0.5) is 13.2 Å². The Morgan fingerprint density at radius 2 is 1.62 bits per heavy atom. The van der Waals surface area contributed by atoms with Gasteiger partial charge in [0.05, 0.1) is 11.3 Å². The number of hydrogen-bond donors (Lipinski definition) is 0. The molecule has 0 aliphatic rings. The summed E-state index contributed by atoms with van der Waals surface area (Å²) in [6, 6.07) is 12.4. The van der Waals surface area contributed by atoms with E-state index in [1.807, 2.05) is 31.2 Å². The van der Waals surface area contributed by atoms with Crippen molar-refractivity contribution in [1.82, 2.24) is 4.98 Å². The zero-order valence-corrected chi connectivity index (χ0v) is 15.6. The highest BCUT2D eigenvalue weighted by Gasteiger charge is 2.30. The van der Waals surface area contributed by atoms with Gasteiger partial charge in [-0.25, -0.2) is 4.98 Å². The molecule has 0 atom stereocenters. The summed E-state index contributed by atoms with van der Waals surface area (Å²) in [6.07, 6.45) is -4.37. The average molecular weight is 393 g/mol. The van der Waals surface area contributed by atoms with Crippen LogP contribution in [0.3, 0.4) is 0 Å². The van der Waals surface area contributed by atoms with E-state index in [0.717, 1.165) is 34.4 Å². The smallest absolute Gasteiger partial charge is 0.280 e. The molecule has 0 saturated carbocycles. The maximum atomic E-state index is 12.7. The third kappa shape index (κ3) is 4.16. The van der Waals surface area contributed by atoms with E-state index in [0.29, 0.717) is 21.1 Å². The van der Waals surface area contributed by atoms with E-state index in [4.69, 9.17) is 0 Å². The van der Waals surface area contributed by atoms with Crippen LogP contribution in [0.25, 0.3) is 10.6 Å². The summed E-state index contributed by atoms with van der Waals surface area (Å²) >= 11 is 2.31. The summed E-state index contributed by atoms with van der Waals surface area (Å²) in [5.74, 6) is 0. The zero-order valence-electron chi connectivity index (χ0n) is 13.9. The number of benzene rings is 2. The molecule has 2 nitrogen and oxygen atoms in total. The van der Waals surface area contributed by atoms with Crippen molar-refractivity contribution in [3.05, 3.63) is 70.2 Å². The molecule has 7 heteroatoms. The minimum absolute atomic E-state index is 0.123. The first kappa shape index (κ1) is 18.7. The average Bonchev–Trinajstić information content (AvgIpc) is 2.98. The van der Waals surface area contributed by atoms with Crippen molar-refractivity contribution >= 4 is 28.2 Å². The number of thioether (sulfide) groups is 1. The largest absolute Gasteiger partial charge is 0.416 e.